The molecule has 0 aromatic heterocycles. The Labute approximate surface area is 143 Å². The molecule has 2 aromatic rings. The van der Waals surface area contributed by atoms with Gasteiger partial charge in [0.1, 0.15) is 0 Å². The number of aryl methyl sites for hydroxylation is 2. The van der Waals surface area contributed by atoms with Gasteiger partial charge in [-0.15, -0.1) is 0 Å². The third-order valence-corrected chi connectivity index (χ3v) is 4.34. The summed E-state index contributed by atoms with van der Waals surface area (Å²) in [4.78, 5) is 23.8. The van der Waals surface area contributed by atoms with Crippen molar-refractivity contribution in [1.29, 1.82) is 0 Å². The average Bonchev–Trinajstić information content (AvgIpc) is 2.49. The average molecular weight is 408 g/mol. The Balaban J connectivity index is 1.88. The maximum atomic E-state index is 11.9. The number of amides is 2. The highest BCUT2D eigenvalue weighted by molar-refractivity contribution is 14.1. The normalized spacial score (nSPS) is 10.1. The Morgan fingerprint density at radius 2 is 1.73 bits per heavy atom. The van der Waals surface area contributed by atoms with Crippen LogP contribution >= 0.6 is 22.6 Å². The monoisotopic (exact) mass is 408 g/mol. The highest BCUT2D eigenvalue weighted by atomic mass is 127. The summed E-state index contributed by atoms with van der Waals surface area (Å²) in [6.45, 7) is 3.91. The molecular formula is C17H17IN2O2. The van der Waals surface area contributed by atoms with Crippen molar-refractivity contribution in [3.8, 4) is 0 Å². The van der Waals surface area contributed by atoms with Gasteiger partial charge in [0.05, 0.1) is 6.54 Å². The zero-order valence-electron chi connectivity index (χ0n) is 12.4. The SMILES string of the molecule is Cc1ccc(C(=O)NCC(=O)Nc2ccc(C)c(I)c2)cc1. The van der Waals surface area contributed by atoms with E-state index >= 15 is 0 Å². The molecule has 2 aromatic carbocycles. The molecule has 0 spiro atoms. The molecule has 0 fully saturated rings. The minimum atomic E-state index is -0.256. The van der Waals surface area contributed by atoms with E-state index in [1.165, 1.54) is 0 Å². The Hall–Kier alpha value is -1.89. The molecule has 22 heavy (non-hydrogen) atoms. The minimum absolute atomic E-state index is 0.0584. The van der Waals surface area contributed by atoms with Gasteiger partial charge in [0.25, 0.3) is 5.91 Å². The van der Waals surface area contributed by atoms with Crippen LogP contribution in [0, 0.1) is 17.4 Å². The van der Waals surface area contributed by atoms with Crippen LogP contribution in [0.1, 0.15) is 21.5 Å². The van der Waals surface area contributed by atoms with Crippen LogP contribution in [-0.4, -0.2) is 18.4 Å². The summed E-state index contributed by atoms with van der Waals surface area (Å²) in [5.74, 6) is -0.506. The first kappa shape index (κ1) is 16.5. The van der Waals surface area contributed by atoms with E-state index < -0.39 is 0 Å². The van der Waals surface area contributed by atoms with E-state index in [2.05, 4.69) is 33.2 Å². The van der Waals surface area contributed by atoms with Gasteiger partial charge in [-0.3, -0.25) is 9.59 Å². The van der Waals surface area contributed by atoms with Crippen LogP contribution in [0.3, 0.4) is 0 Å². The molecule has 0 aliphatic carbocycles. The fraction of sp³-hybridized carbons (Fsp3) is 0.176. The number of benzene rings is 2. The number of hydrogen-bond donors (Lipinski definition) is 2. The fourth-order valence-corrected chi connectivity index (χ4v) is 2.36. The van der Waals surface area contributed by atoms with Gasteiger partial charge in [-0.1, -0.05) is 23.8 Å². The Bertz CT molecular complexity index is 696. The first-order valence-electron chi connectivity index (χ1n) is 6.86. The summed E-state index contributed by atoms with van der Waals surface area (Å²) in [6.07, 6.45) is 0. The van der Waals surface area contributed by atoms with E-state index in [9.17, 15) is 9.59 Å². The van der Waals surface area contributed by atoms with Gasteiger partial charge < -0.3 is 10.6 Å². The van der Waals surface area contributed by atoms with Gasteiger partial charge in [0.15, 0.2) is 0 Å². The largest absolute Gasteiger partial charge is 0.343 e. The Kier molecular flexibility index (Phi) is 5.54. The predicted octanol–water partition coefficient (Wildman–Crippen LogP) is 3.28. The summed E-state index contributed by atoms with van der Waals surface area (Å²) < 4.78 is 1.08. The van der Waals surface area contributed by atoms with Crippen LogP contribution < -0.4 is 10.6 Å². The summed E-state index contributed by atoms with van der Waals surface area (Å²) in [5, 5.41) is 5.38. The maximum Gasteiger partial charge on any atom is 0.251 e. The zero-order chi connectivity index (χ0) is 16.1. The predicted molar refractivity (Wildman–Crippen MR) is 96.0 cm³/mol. The third-order valence-electron chi connectivity index (χ3n) is 3.18. The molecule has 0 radical (unpaired) electrons. The standard InChI is InChI=1S/C17H17IN2O2/c1-11-3-6-13(7-4-11)17(22)19-10-16(21)20-14-8-5-12(2)15(18)9-14/h3-9H,10H2,1-2H3,(H,19,22)(H,20,21). The number of carbonyl (C=O) groups is 2. The van der Waals surface area contributed by atoms with E-state index in [-0.39, 0.29) is 18.4 Å². The second-order valence-electron chi connectivity index (χ2n) is 5.06. The van der Waals surface area contributed by atoms with Crippen molar-refractivity contribution in [2.45, 2.75) is 13.8 Å². The number of hydrogen-bond acceptors (Lipinski definition) is 2. The molecule has 2 N–H and O–H groups in total. The number of rotatable bonds is 4. The first-order chi connectivity index (χ1) is 10.5. The van der Waals surface area contributed by atoms with Gasteiger partial charge in [-0.25, -0.2) is 0 Å². The Morgan fingerprint density at radius 1 is 1.05 bits per heavy atom. The smallest absolute Gasteiger partial charge is 0.251 e. The van der Waals surface area contributed by atoms with Crippen LogP contribution in [0.5, 0.6) is 0 Å². The van der Waals surface area contributed by atoms with Gasteiger partial charge in [0, 0.05) is 14.8 Å². The van der Waals surface area contributed by atoms with Crippen molar-refractivity contribution in [3.63, 3.8) is 0 Å². The van der Waals surface area contributed by atoms with Gasteiger partial charge in [-0.05, 0) is 66.3 Å². The van der Waals surface area contributed by atoms with Gasteiger partial charge in [-0.2, -0.15) is 0 Å². The summed E-state index contributed by atoms with van der Waals surface area (Å²) in [7, 11) is 0. The highest BCUT2D eigenvalue weighted by Gasteiger charge is 2.08. The van der Waals surface area contributed by atoms with Crippen molar-refractivity contribution in [2.24, 2.45) is 0 Å². The zero-order valence-corrected chi connectivity index (χ0v) is 14.6. The first-order valence-corrected chi connectivity index (χ1v) is 7.94. The summed E-state index contributed by atoms with van der Waals surface area (Å²) in [5.41, 5.74) is 3.52. The van der Waals surface area contributed by atoms with Crippen LogP contribution in [0.4, 0.5) is 5.69 Å². The van der Waals surface area contributed by atoms with E-state index in [1.54, 1.807) is 12.1 Å². The van der Waals surface area contributed by atoms with Crippen molar-refractivity contribution in [1.82, 2.24) is 5.32 Å². The number of nitrogens with one attached hydrogen (secondary N) is 2. The van der Waals surface area contributed by atoms with Gasteiger partial charge >= 0.3 is 0 Å². The molecule has 0 saturated heterocycles. The lowest BCUT2D eigenvalue weighted by Crippen LogP contribution is -2.32. The molecule has 0 bridgehead atoms. The van der Waals surface area contributed by atoms with Gasteiger partial charge in [0.2, 0.25) is 5.91 Å². The summed E-state index contributed by atoms with van der Waals surface area (Å²) >= 11 is 2.22. The molecule has 0 saturated carbocycles. The Morgan fingerprint density at radius 3 is 2.36 bits per heavy atom. The number of halogens is 1. The molecule has 0 atom stereocenters. The van der Waals surface area contributed by atoms with Crippen LogP contribution in [0.25, 0.3) is 0 Å². The number of carbonyl (C=O) groups excluding carboxylic acids is 2. The molecule has 4 nitrogen and oxygen atoms in total. The van der Waals surface area contributed by atoms with E-state index in [0.29, 0.717) is 5.56 Å². The topological polar surface area (TPSA) is 58.2 Å². The molecule has 0 heterocycles. The minimum Gasteiger partial charge on any atom is -0.343 e. The number of anilines is 1. The molecule has 114 valence electrons. The van der Waals surface area contributed by atoms with E-state index in [4.69, 9.17) is 0 Å². The molecule has 2 amide bonds. The van der Waals surface area contributed by atoms with Crippen LogP contribution in [-0.2, 0) is 4.79 Å². The molecule has 0 aliphatic heterocycles. The highest BCUT2D eigenvalue weighted by Crippen LogP contribution is 2.16. The molecule has 5 heteroatoms. The third kappa shape index (κ3) is 4.56. The van der Waals surface area contributed by atoms with Crippen molar-refractivity contribution >= 4 is 40.1 Å². The van der Waals surface area contributed by atoms with E-state index in [0.717, 1.165) is 20.4 Å². The molecule has 2 rings (SSSR count). The van der Waals surface area contributed by atoms with Crippen molar-refractivity contribution in [2.75, 3.05) is 11.9 Å². The van der Waals surface area contributed by atoms with E-state index in [1.807, 2.05) is 44.2 Å². The molecular weight excluding hydrogens is 391 g/mol. The molecule has 0 aliphatic rings. The van der Waals surface area contributed by atoms with Crippen LogP contribution in [0.15, 0.2) is 42.5 Å². The second kappa shape index (κ2) is 7.40. The fourth-order valence-electron chi connectivity index (χ4n) is 1.84. The van der Waals surface area contributed by atoms with Crippen molar-refractivity contribution in [3.05, 3.63) is 62.7 Å². The lowest BCUT2D eigenvalue weighted by molar-refractivity contribution is -0.115. The summed E-state index contributed by atoms with van der Waals surface area (Å²) in [6, 6.07) is 12.9. The van der Waals surface area contributed by atoms with Crippen molar-refractivity contribution < 1.29 is 9.59 Å². The molecule has 0 unspecified atom stereocenters. The quantitative estimate of drug-likeness (QED) is 0.764. The lowest BCUT2D eigenvalue weighted by atomic mass is 10.1. The second-order valence-corrected chi connectivity index (χ2v) is 6.22. The lowest BCUT2D eigenvalue weighted by Gasteiger charge is -2.08. The maximum absolute atomic E-state index is 11.9. The van der Waals surface area contributed by atoms with Crippen LogP contribution in [0.2, 0.25) is 0 Å².